The van der Waals surface area contributed by atoms with E-state index in [0.29, 0.717) is 5.75 Å². The maximum atomic E-state index is 13.1. The van der Waals surface area contributed by atoms with E-state index in [1.807, 2.05) is 12.1 Å². The minimum Gasteiger partial charge on any atom is -0.507 e. The number of esters is 1. The number of phenolic OH excluding ortho intramolecular Hbond substituents is 1. The molecule has 1 saturated carbocycles. The first-order valence-corrected chi connectivity index (χ1v) is 9.59. The number of aromatic hydroxyl groups is 1. The zero-order chi connectivity index (χ0) is 18.0. The molecule has 2 bridgehead atoms. The van der Waals surface area contributed by atoms with E-state index in [-0.39, 0.29) is 22.5 Å². The largest absolute Gasteiger partial charge is 0.507 e. The third-order valence-electron chi connectivity index (χ3n) is 7.47. The van der Waals surface area contributed by atoms with Gasteiger partial charge in [0.1, 0.15) is 11.5 Å². The quantitative estimate of drug-likeness (QED) is 0.462. The van der Waals surface area contributed by atoms with Gasteiger partial charge in [0.05, 0.1) is 11.0 Å². The lowest BCUT2D eigenvalue weighted by Crippen LogP contribution is -2.46. The van der Waals surface area contributed by atoms with Crippen LogP contribution in [0.2, 0.25) is 0 Å². The van der Waals surface area contributed by atoms with Crippen molar-refractivity contribution in [2.24, 2.45) is 16.2 Å². The van der Waals surface area contributed by atoms with Crippen LogP contribution < -0.4 is 4.74 Å². The number of rotatable bonds is 4. The Labute approximate surface area is 150 Å². The molecule has 1 heterocycles. The summed E-state index contributed by atoms with van der Waals surface area (Å²) in [5.41, 5.74) is 1.94. The van der Waals surface area contributed by atoms with Gasteiger partial charge in [0, 0.05) is 0 Å². The number of aryl methyl sites for hydroxylation is 1. The molecule has 4 rings (SSSR count). The Morgan fingerprint density at radius 2 is 1.92 bits per heavy atom. The predicted molar refractivity (Wildman–Crippen MR) is 98.5 cm³/mol. The zero-order valence-electron chi connectivity index (χ0n) is 15.7. The van der Waals surface area contributed by atoms with Crippen molar-refractivity contribution in [2.45, 2.75) is 66.2 Å². The van der Waals surface area contributed by atoms with Crippen LogP contribution in [0.4, 0.5) is 0 Å². The summed E-state index contributed by atoms with van der Waals surface area (Å²) in [6, 6.07) is 3.82. The molecule has 1 N–H and O–H groups in total. The number of ether oxygens (including phenoxy) is 1. The third-order valence-corrected chi connectivity index (χ3v) is 7.47. The van der Waals surface area contributed by atoms with Crippen LogP contribution in [-0.2, 0) is 11.2 Å². The van der Waals surface area contributed by atoms with Gasteiger partial charge in [0.2, 0.25) is 0 Å². The molecule has 0 saturated heterocycles. The van der Waals surface area contributed by atoms with Gasteiger partial charge in [-0.05, 0) is 59.8 Å². The van der Waals surface area contributed by atoms with E-state index in [1.165, 1.54) is 6.42 Å². The van der Waals surface area contributed by atoms with E-state index in [9.17, 15) is 9.90 Å². The van der Waals surface area contributed by atoms with Crippen LogP contribution in [0.15, 0.2) is 18.2 Å². The van der Waals surface area contributed by atoms with Gasteiger partial charge in [-0.3, -0.25) is 4.79 Å². The molecular formula is C22H28O3. The standard InChI is InChI=1S/C22H28O3/c1-5-6-7-8-14-11-16(23)18-15-13-21(4)9-10-22(15,20(21,2)3)19(24)25-17(18)12-14/h11-13,23H,5-10H2,1-4H3/t21-,22+/m1/s1. The van der Waals surface area contributed by atoms with E-state index in [1.54, 1.807) is 0 Å². The molecule has 0 aromatic heterocycles. The number of benzene rings is 1. The van der Waals surface area contributed by atoms with E-state index in [2.05, 4.69) is 33.8 Å². The molecule has 1 aliphatic heterocycles. The number of phenols is 1. The van der Waals surface area contributed by atoms with Gasteiger partial charge in [0.15, 0.2) is 0 Å². The summed E-state index contributed by atoms with van der Waals surface area (Å²) >= 11 is 0. The molecule has 3 heteroatoms. The molecular weight excluding hydrogens is 312 g/mol. The van der Waals surface area contributed by atoms with E-state index in [0.717, 1.165) is 48.8 Å². The van der Waals surface area contributed by atoms with Crippen molar-refractivity contribution in [3.05, 3.63) is 29.3 Å². The number of carbonyl (C=O) groups is 1. The summed E-state index contributed by atoms with van der Waals surface area (Å²) in [4.78, 5) is 13.1. The number of unbranched alkanes of at least 4 members (excludes halogenated alkanes) is 2. The Morgan fingerprint density at radius 3 is 2.60 bits per heavy atom. The van der Waals surface area contributed by atoms with Crippen molar-refractivity contribution >= 4 is 11.5 Å². The lowest BCUT2D eigenvalue weighted by Gasteiger charge is -2.43. The average Bonchev–Trinajstić information content (AvgIpc) is 2.84. The average molecular weight is 340 g/mol. The maximum absolute atomic E-state index is 13.1. The summed E-state index contributed by atoms with van der Waals surface area (Å²) in [5.74, 6) is 0.664. The molecule has 3 aliphatic rings. The fourth-order valence-corrected chi connectivity index (χ4v) is 5.40. The third kappa shape index (κ3) is 1.90. The maximum Gasteiger partial charge on any atom is 0.322 e. The SMILES string of the molecule is CCCCCc1cc(O)c2c(c1)OC(=O)[C@]13CC[C@](C)(C=C21)C3(C)C. The number of hydrogen-bond acceptors (Lipinski definition) is 3. The molecule has 1 spiro atoms. The fourth-order valence-electron chi connectivity index (χ4n) is 5.40. The Bertz CT molecular complexity index is 789. The first-order chi connectivity index (χ1) is 11.8. The molecule has 1 aromatic carbocycles. The monoisotopic (exact) mass is 340 g/mol. The van der Waals surface area contributed by atoms with Crippen LogP contribution in [0.25, 0.3) is 5.57 Å². The van der Waals surface area contributed by atoms with Crippen molar-refractivity contribution in [3.63, 3.8) is 0 Å². The molecule has 2 aliphatic carbocycles. The Balaban J connectivity index is 1.82. The minimum atomic E-state index is -0.615. The number of hydrogen-bond donors (Lipinski definition) is 1. The summed E-state index contributed by atoms with van der Waals surface area (Å²) in [5, 5.41) is 10.8. The summed E-state index contributed by atoms with van der Waals surface area (Å²) < 4.78 is 5.84. The lowest BCUT2D eigenvalue weighted by atomic mass is 9.61. The Morgan fingerprint density at radius 1 is 1.16 bits per heavy atom. The number of fused-ring (bicyclic) bond motifs is 3. The van der Waals surface area contributed by atoms with Gasteiger partial charge < -0.3 is 9.84 Å². The van der Waals surface area contributed by atoms with Gasteiger partial charge in [-0.2, -0.15) is 0 Å². The summed E-state index contributed by atoms with van der Waals surface area (Å²) in [7, 11) is 0. The second-order valence-corrected chi connectivity index (χ2v) is 8.84. The van der Waals surface area contributed by atoms with Crippen molar-refractivity contribution in [1.29, 1.82) is 0 Å². The molecule has 1 fully saturated rings. The van der Waals surface area contributed by atoms with Crippen LogP contribution in [-0.4, -0.2) is 11.1 Å². The van der Waals surface area contributed by atoms with Gasteiger partial charge in [-0.15, -0.1) is 0 Å². The van der Waals surface area contributed by atoms with Crippen LogP contribution >= 0.6 is 0 Å². The molecule has 2 atom stereocenters. The Hall–Kier alpha value is -1.77. The van der Waals surface area contributed by atoms with Gasteiger partial charge >= 0.3 is 5.97 Å². The second-order valence-electron chi connectivity index (χ2n) is 8.84. The van der Waals surface area contributed by atoms with Gasteiger partial charge in [-0.25, -0.2) is 0 Å². The van der Waals surface area contributed by atoms with Crippen LogP contribution in [0.5, 0.6) is 11.5 Å². The second kappa shape index (κ2) is 5.12. The van der Waals surface area contributed by atoms with Crippen LogP contribution in [0.3, 0.4) is 0 Å². The van der Waals surface area contributed by atoms with Crippen molar-refractivity contribution in [3.8, 4) is 11.5 Å². The number of allylic oxidation sites excluding steroid dienone is 1. The molecule has 134 valence electrons. The zero-order valence-corrected chi connectivity index (χ0v) is 15.7. The van der Waals surface area contributed by atoms with Crippen LogP contribution in [0.1, 0.15) is 70.9 Å². The van der Waals surface area contributed by atoms with E-state index >= 15 is 0 Å². The smallest absolute Gasteiger partial charge is 0.322 e. The Kier molecular flexibility index (Phi) is 3.42. The number of carbonyl (C=O) groups excluding carboxylic acids is 1. The molecule has 0 amide bonds. The molecule has 0 unspecified atom stereocenters. The van der Waals surface area contributed by atoms with Gasteiger partial charge in [0.25, 0.3) is 0 Å². The summed E-state index contributed by atoms with van der Waals surface area (Å²) in [6.45, 7) is 8.75. The minimum absolute atomic E-state index is 0.0325. The topological polar surface area (TPSA) is 46.5 Å². The first kappa shape index (κ1) is 16.7. The fraction of sp³-hybridized carbons (Fsp3) is 0.591. The normalized spacial score (nSPS) is 31.4. The van der Waals surface area contributed by atoms with Crippen LogP contribution in [0, 0.1) is 16.2 Å². The molecule has 3 nitrogen and oxygen atoms in total. The highest BCUT2D eigenvalue weighted by Crippen LogP contribution is 2.75. The first-order valence-electron chi connectivity index (χ1n) is 9.59. The van der Waals surface area contributed by atoms with E-state index < -0.39 is 5.41 Å². The van der Waals surface area contributed by atoms with Crippen molar-refractivity contribution < 1.29 is 14.6 Å². The molecule has 25 heavy (non-hydrogen) atoms. The molecule has 1 aromatic rings. The highest BCUT2D eigenvalue weighted by Gasteiger charge is 2.71. The molecule has 0 radical (unpaired) electrons. The summed E-state index contributed by atoms with van der Waals surface area (Å²) in [6.07, 6.45) is 8.35. The highest BCUT2D eigenvalue weighted by atomic mass is 16.5. The van der Waals surface area contributed by atoms with Crippen molar-refractivity contribution in [1.82, 2.24) is 0 Å². The predicted octanol–water partition coefficient (Wildman–Crippen LogP) is 5.25. The van der Waals surface area contributed by atoms with Gasteiger partial charge in [-0.1, -0.05) is 46.6 Å². The van der Waals surface area contributed by atoms with E-state index in [4.69, 9.17) is 4.74 Å². The van der Waals surface area contributed by atoms with Crippen molar-refractivity contribution in [2.75, 3.05) is 0 Å². The highest BCUT2D eigenvalue weighted by molar-refractivity contribution is 6.03. The lowest BCUT2D eigenvalue weighted by molar-refractivity contribution is -0.148.